The summed E-state index contributed by atoms with van der Waals surface area (Å²) in [5.74, 6) is 0. The molecule has 0 amide bonds. The number of aromatic nitrogens is 3. The quantitative estimate of drug-likeness (QED) is 0.551. The normalized spacial score (nSPS) is 10.9. The van der Waals surface area contributed by atoms with Crippen molar-refractivity contribution in [1.82, 2.24) is 14.5 Å². The number of rotatable bonds is 0. The summed E-state index contributed by atoms with van der Waals surface area (Å²) in [5, 5.41) is 1.34. The fraction of sp³-hybridized carbons (Fsp3) is 0.143. The highest BCUT2D eigenvalue weighted by Gasteiger charge is 2.05. The fourth-order valence-corrected chi connectivity index (χ4v) is 2.02. The molecule has 0 saturated heterocycles. The number of nitrogens with zero attached hydrogens (tertiary/aromatic N) is 3. The SMILES string of the molecule is Cn1cc(I)c2cnc(Cl)nc21. The van der Waals surface area contributed by atoms with E-state index in [1.54, 1.807) is 6.20 Å². The Bertz CT molecular complexity index is 437. The molecule has 2 heterocycles. The summed E-state index contributed by atoms with van der Waals surface area (Å²) in [4.78, 5) is 8.03. The van der Waals surface area contributed by atoms with E-state index in [0.29, 0.717) is 5.28 Å². The average Bonchev–Trinajstić information content (AvgIpc) is 2.28. The molecule has 2 aromatic heterocycles. The van der Waals surface area contributed by atoms with Gasteiger partial charge in [-0.2, -0.15) is 4.98 Å². The Kier molecular flexibility index (Phi) is 1.96. The standard InChI is InChI=1S/C7H5ClIN3/c1-12-3-5(9)4-2-10-7(8)11-6(4)12/h2-3H,1H3. The molecule has 0 aromatic carbocycles. The monoisotopic (exact) mass is 293 g/mol. The van der Waals surface area contributed by atoms with Gasteiger partial charge in [-0.1, -0.05) is 0 Å². The summed E-state index contributed by atoms with van der Waals surface area (Å²) in [5.41, 5.74) is 0.874. The molecule has 0 N–H and O–H groups in total. The Morgan fingerprint density at radius 3 is 3.08 bits per heavy atom. The van der Waals surface area contributed by atoms with Crippen LogP contribution in [0.4, 0.5) is 0 Å². The highest BCUT2D eigenvalue weighted by molar-refractivity contribution is 14.1. The number of halogens is 2. The van der Waals surface area contributed by atoms with E-state index in [-0.39, 0.29) is 0 Å². The molecule has 0 aliphatic rings. The average molecular weight is 293 g/mol. The first-order chi connectivity index (χ1) is 5.68. The van der Waals surface area contributed by atoms with Crippen molar-refractivity contribution >= 4 is 45.2 Å². The van der Waals surface area contributed by atoms with Crippen LogP contribution in [0.1, 0.15) is 0 Å². The highest BCUT2D eigenvalue weighted by Crippen LogP contribution is 2.20. The lowest BCUT2D eigenvalue weighted by Gasteiger charge is -1.93. The van der Waals surface area contributed by atoms with E-state index < -0.39 is 0 Å². The maximum absolute atomic E-state index is 5.66. The van der Waals surface area contributed by atoms with Crippen LogP contribution in [-0.2, 0) is 7.05 Å². The molecule has 0 fully saturated rings. The van der Waals surface area contributed by atoms with Crippen molar-refractivity contribution in [2.24, 2.45) is 7.05 Å². The van der Waals surface area contributed by atoms with Crippen molar-refractivity contribution in [2.75, 3.05) is 0 Å². The van der Waals surface area contributed by atoms with Crippen LogP contribution >= 0.6 is 34.2 Å². The van der Waals surface area contributed by atoms with Gasteiger partial charge in [-0.15, -0.1) is 0 Å². The lowest BCUT2D eigenvalue weighted by Crippen LogP contribution is -1.89. The van der Waals surface area contributed by atoms with Gasteiger partial charge in [0, 0.05) is 23.0 Å². The van der Waals surface area contributed by atoms with Gasteiger partial charge in [0.05, 0.1) is 5.39 Å². The number of hydrogen-bond acceptors (Lipinski definition) is 2. The molecule has 2 rings (SSSR count). The lowest BCUT2D eigenvalue weighted by molar-refractivity contribution is 0.941. The van der Waals surface area contributed by atoms with E-state index in [1.165, 1.54) is 0 Å². The Morgan fingerprint density at radius 1 is 1.58 bits per heavy atom. The summed E-state index contributed by atoms with van der Waals surface area (Å²) >= 11 is 7.91. The Morgan fingerprint density at radius 2 is 2.33 bits per heavy atom. The summed E-state index contributed by atoms with van der Waals surface area (Å²) in [6.45, 7) is 0. The van der Waals surface area contributed by atoms with Gasteiger partial charge >= 0.3 is 0 Å². The minimum atomic E-state index is 0.292. The number of fused-ring (bicyclic) bond motifs is 1. The lowest BCUT2D eigenvalue weighted by atomic mass is 10.4. The Hall–Kier alpha value is -0.360. The second-order valence-corrected chi connectivity index (χ2v) is 3.96. The van der Waals surface area contributed by atoms with Crippen LogP contribution in [0.15, 0.2) is 12.4 Å². The van der Waals surface area contributed by atoms with Gasteiger partial charge in [0.2, 0.25) is 5.28 Å². The van der Waals surface area contributed by atoms with Crippen LogP contribution in [0.5, 0.6) is 0 Å². The summed E-state index contributed by atoms with van der Waals surface area (Å²) < 4.78 is 3.08. The number of aryl methyl sites for hydroxylation is 1. The van der Waals surface area contributed by atoms with Crippen LogP contribution in [0.25, 0.3) is 11.0 Å². The van der Waals surface area contributed by atoms with Crippen LogP contribution in [0.2, 0.25) is 5.28 Å². The predicted molar refractivity (Wildman–Crippen MR) is 56.2 cm³/mol. The summed E-state index contributed by atoms with van der Waals surface area (Å²) in [6, 6.07) is 0. The van der Waals surface area contributed by atoms with Gasteiger partial charge in [-0.3, -0.25) is 0 Å². The molecule has 2 aromatic rings. The molecule has 3 nitrogen and oxygen atoms in total. The first-order valence-corrected chi connectivity index (χ1v) is 4.77. The summed E-state index contributed by atoms with van der Waals surface area (Å²) in [7, 11) is 1.94. The molecule has 0 spiro atoms. The topological polar surface area (TPSA) is 30.7 Å². The zero-order valence-electron chi connectivity index (χ0n) is 6.25. The first-order valence-electron chi connectivity index (χ1n) is 3.31. The van der Waals surface area contributed by atoms with Gasteiger partial charge in [0.25, 0.3) is 0 Å². The van der Waals surface area contributed by atoms with Crippen LogP contribution < -0.4 is 0 Å². The third kappa shape index (κ3) is 1.19. The van der Waals surface area contributed by atoms with E-state index in [0.717, 1.165) is 14.6 Å². The van der Waals surface area contributed by atoms with Crippen molar-refractivity contribution in [3.8, 4) is 0 Å². The molecule has 0 saturated carbocycles. The molecular weight excluding hydrogens is 288 g/mol. The zero-order valence-corrected chi connectivity index (χ0v) is 9.17. The van der Waals surface area contributed by atoms with Gasteiger partial charge in [-0.25, -0.2) is 4.98 Å². The molecule has 62 valence electrons. The molecule has 0 radical (unpaired) electrons. The van der Waals surface area contributed by atoms with E-state index >= 15 is 0 Å². The maximum Gasteiger partial charge on any atom is 0.224 e. The minimum absolute atomic E-state index is 0.292. The minimum Gasteiger partial charge on any atom is -0.334 e. The van der Waals surface area contributed by atoms with Crippen molar-refractivity contribution in [3.05, 3.63) is 21.2 Å². The van der Waals surface area contributed by atoms with Crippen molar-refractivity contribution in [3.63, 3.8) is 0 Å². The van der Waals surface area contributed by atoms with E-state index in [1.807, 2.05) is 17.8 Å². The highest BCUT2D eigenvalue weighted by atomic mass is 127. The predicted octanol–water partition coefficient (Wildman–Crippen LogP) is 2.23. The second-order valence-electron chi connectivity index (χ2n) is 2.46. The van der Waals surface area contributed by atoms with E-state index in [2.05, 4.69) is 32.6 Å². The van der Waals surface area contributed by atoms with Crippen molar-refractivity contribution < 1.29 is 0 Å². The fourth-order valence-electron chi connectivity index (χ4n) is 1.09. The Balaban J connectivity index is 2.90. The second kappa shape index (κ2) is 2.85. The maximum atomic E-state index is 5.66. The van der Waals surface area contributed by atoms with Gasteiger partial charge < -0.3 is 4.57 Å². The molecule has 0 unspecified atom stereocenters. The van der Waals surface area contributed by atoms with Crippen molar-refractivity contribution in [2.45, 2.75) is 0 Å². The van der Waals surface area contributed by atoms with Crippen molar-refractivity contribution in [1.29, 1.82) is 0 Å². The molecule has 0 aliphatic heterocycles. The third-order valence-corrected chi connectivity index (χ3v) is 2.68. The molecule has 0 bridgehead atoms. The molecule has 0 atom stereocenters. The van der Waals surface area contributed by atoms with Gasteiger partial charge in [0.1, 0.15) is 5.65 Å². The van der Waals surface area contributed by atoms with Crippen LogP contribution in [0.3, 0.4) is 0 Å². The molecule has 0 aliphatic carbocycles. The largest absolute Gasteiger partial charge is 0.334 e. The molecular formula is C7H5ClIN3. The summed E-state index contributed by atoms with van der Waals surface area (Å²) in [6.07, 6.45) is 3.74. The first kappa shape index (κ1) is 8.25. The smallest absolute Gasteiger partial charge is 0.224 e. The Labute approximate surface area is 87.9 Å². The van der Waals surface area contributed by atoms with E-state index in [9.17, 15) is 0 Å². The van der Waals surface area contributed by atoms with Gasteiger partial charge in [0.15, 0.2) is 0 Å². The van der Waals surface area contributed by atoms with Crippen LogP contribution in [-0.4, -0.2) is 14.5 Å². The van der Waals surface area contributed by atoms with Gasteiger partial charge in [-0.05, 0) is 34.2 Å². The third-order valence-electron chi connectivity index (χ3n) is 1.64. The number of hydrogen-bond donors (Lipinski definition) is 0. The molecule has 5 heteroatoms. The van der Waals surface area contributed by atoms with Crippen LogP contribution in [0, 0.1) is 3.57 Å². The molecule has 12 heavy (non-hydrogen) atoms. The zero-order chi connectivity index (χ0) is 8.72. The van der Waals surface area contributed by atoms with E-state index in [4.69, 9.17) is 11.6 Å².